The summed E-state index contributed by atoms with van der Waals surface area (Å²) in [4.78, 5) is 25.7. The zero-order chi connectivity index (χ0) is 23.3. The number of hydrogen-bond acceptors (Lipinski definition) is 7. The summed E-state index contributed by atoms with van der Waals surface area (Å²) < 4.78 is 26.8. The Labute approximate surface area is 186 Å². The number of methoxy groups -OCH3 is 4. The Morgan fingerprint density at radius 3 is 2.09 bits per heavy atom. The normalized spacial score (nSPS) is 15.4. The van der Waals surface area contributed by atoms with Crippen LogP contribution >= 0.6 is 0 Å². The number of carbonyl (C=O) groups excluding carboxylic acids is 2. The van der Waals surface area contributed by atoms with Gasteiger partial charge in [0.1, 0.15) is 11.5 Å². The van der Waals surface area contributed by atoms with Crippen LogP contribution < -0.4 is 29.6 Å². The molecule has 2 aromatic carbocycles. The molecular formula is C23H26N2O7. The highest BCUT2D eigenvalue weighted by atomic mass is 16.5. The maximum atomic E-state index is 13.1. The molecule has 1 aliphatic rings. The van der Waals surface area contributed by atoms with Gasteiger partial charge in [0.15, 0.2) is 11.5 Å². The number of rotatable bonds is 8. The Morgan fingerprint density at radius 1 is 0.906 bits per heavy atom. The van der Waals surface area contributed by atoms with E-state index < -0.39 is 18.0 Å². The first-order valence-electron chi connectivity index (χ1n) is 9.90. The molecule has 170 valence electrons. The van der Waals surface area contributed by atoms with Gasteiger partial charge in [0.2, 0.25) is 0 Å². The Morgan fingerprint density at radius 2 is 1.53 bits per heavy atom. The van der Waals surface area contributed by atoms with Gasteiger partial charge in [-0.05, 0) is 42.8 Å². The third-order valence-corrected chi connectivity index (χ3v) is 4.99. The molecule has 0 bridgehead atoms. The van der Waals surface area contributed by atoms with E-state index in [0.717, 1.165) is 0 Å². The zero-order valence-corrected chi connectivity index (χ0v) is 18.6. The fraction of sp³-hybridized carbons (Fsp3) is 0.304. The first-order chi connectivity index (χ1) is 15.5. The van der Waals surface area contributed by atoms with Crippen molar-refractivity contribution in [2.24, 2.45) is 0 Å². The number of nitrogens with one attached hydrogen (secondary N) is 2. The van der Waals surface area contributed by atoms with Gasteiger partial charge in [-0.1, -0.05) is 0 Å². The van der Waals surface area contributed by atoms with Gasteiger partial charge in [0, 0.05) is 11.6 Å². The minimum absolute atomic E-state index is 0.169. The lowest BCUT2D eigenvalue weighted by Gasteiger charge is -2.30. The number of esters is 1. The number of hydrogen-bond donors (Lipinski definition) is 2. The van der Waals surface area contributed by atoms with E-state index >= 15 is 0 Å². The summed E-state index contributed by atoms with van der Waals surface area (Å²) in [5.41, 5.74) is 1.68. The van der Waals surface area contributed by atoms with E-state index in [1.165, 1.54) is 21.3 Å². The lowest BCUT2D eigenvalue weighted by Crippen LogP contribution is -2.45. The molecule has 1 unspecified atom stereocenters. The highest BCUT2D eigenvalue weighted by molar-refractivity contribution is 6.04. The largest absolute Gasteiger partial charge is 0.497 e. The van der Waals surface area contributed by atoms with E-state index in [2.05, 4.69) is 10.6 Å². The van der Waals surface area contributed by atoms with Gasteiger partial charge in [-0.25, -0.2) is 9.59 Å². The van der Waals surface area contributed by atoms with Crippen molar-refractivity contribution in [3.63, 3.8) is 0 Å². The van der Waals surface area contributed by atoms with Crippen molar-refractivity contribution in [2.75, 3.05) is 35.0 Å². The van der Waals surface area contributed by atoms with Gasteiger partial charge in [0.05, 0.1) is 52.4 Å². The van der Waals surface area contributed by atoms with Crippen molar-refractivity contribution in [1.82, 2.24) is 10.6 Å². The fourth-order valence-corrected chi connectivity index (χ4v) is 3.49. The molecule has 9 nitrogen and oxygen atoms in total. The van der Waals surface area contributed by atoms with Crippen LogP contribution in [0.25, 0.3) is 5.70 Å². The van der Waals surface area contributed by atoms with Crippen molar-refractivity contribution in [1.29, 1.82) is 0 Å². The second-order valence-corrected chi connectivity index (χ2v) is 6.72. The van der Waals surface area contributed by atoms with E-state index in [4.69, 9.17) is 23.7 Å². The first-order valence-corrected chi connectivity index (χ1v) is 9.90. The van der Waals surface area contributed by atoms with Crippen LogP contribution in [0.15, 0.2) is 42.0 Å². The lowest BCUT2D eigenvalue weighted by atomic mass is 9.91. The molecule has 1 heterocycles. The van der Waals surface area contributed by atoms with Gasteiger partial charge >= 0.3 is 12.0 Å². The summed E-state index contributed by atoms with van der Waals surface area (Å²) in [7, 11) is 6.06. The number of benzene rings is 2. The molecule has 2 amide bonds. The van der Waals surface area contributed by atoms with Crippen LogP contribution in [-0.2, 0) is 9.53 Å². The molecule has 0 aliphatic carbocycles. The van der Waals surface area contributed by atoms with Crippen LogP contribution in [0.3, 0.4) is 0 Å². The summed E-state index contributed by atoms with van der Waals surface area (Å²) >= 11 is 0. The van der Waals surface area contributed by atoms with E-state index in [9.17, 15) is 9.59 Å². The quantitative estimate of drug-likeness (QED) is 0.606. The van der Waals surface area contributed by atoms with Gasteiger partial charge in [0.25, 0.3) is 0 Å². The molecule has 0 fully saturated rings. The standard InChI is InChI=1S/C23H26N2O7/c1-6-32-22(26)19-20(13-7-9-14(28-2)10-8-13)24-23(27)25-21(19)15-11-17(30-4)18(31-5)12-16(15)29-3/h7-12,21H,6H2,1-5H3,(H2,24,25,27). The third kappa shape index (κ3) is 4.41. The van der Waals surface area contributed by atoms with E-state index in [1.807, 2.05) is 0 Å². The topological polar surface area (TPSA) is 104 Å². The van der Waals surface area contributed by atoms with E-state index in [1.54, 1.807) is 50.4 Å². The molecule has 2 N–H and O–H groups in total. The van der Waals surface area contributed by atoms with Gasteiger partial charge in [-0.2, -0.15) is 0 Å². The van der Waals surface area contributed by atoms with Crippen molar-refractivity contribution in [2.45, 2.75) is 13.0 Å². The Hall–Kier alpha value is -3.88. The Balaban J connectivity index is 2.25. The lowest BCUT2D eigenvalue weighted by molar-refractivity contribution is -0.138. The molecule has 32 heavy (non-hydrogen) atoms. The third-order valence-electron chi connectivity index (χ3n) is 4.99. The second-order valence-electron chi connectivity index (χ2n) is 6.72. The fourth-order valence-electron chi connectivity index (χ4n) is 3.49. The maximum absolute atomic E-state index is 13.1. The van der Waals surface area contributed by atoms with E-state index in [0.29, 0.717) is 39.8 Å². The number of amides is 2. The first kappa shape index (κ1) is 22.8. The summed E-state index contributed by atoms with van der Waals surface area (Å²) in [5, 5.41) is 5.54. The molecule has 0 saturated carbocycles. The molecule has 0 aromatic heterocycles. The summed E-state index contributed by atoms with van der Waals surface area (Å²) in [6.07, 6.45) is 0. The minimum Gasteiger partial charge on any atom is -0.497 e. The van der Waals surface area contributed by atoms with Crippen LogP contribution in [0.2, 0.25) is 0 Å². The molecule has 1 atom stereocenters. The summed E-state index contributed by atoms with van der Waals surface area (Å²) in [5.74, 6) is 1.35. The smallest absolute Gasteiger partial charge is 0.338 e. The Kier molecular flexibility index (Phi) is 7.09. The molecule has 0 saturated heterocycles. The summed E-state index contributed by atoms with van der Waals surface area (Å²) in [6.45, 7) is 1.88. The maximum Gasteiger partial charge on any atom is 0.338 e. The van der Waals surface area contributed by atoms with Crippen LogP contribution in [-0.4, -0.2) is 47.0 Å². The molecule has 0 radical (unpaired) electrons. The van der Waals surface area contributed by atoms with Gasteiger partial charge in [-0.3, -0.25) is 0 Å². The van der Waals surface area contributed by atoms with Crippen molar-refractivity contribution < 1.29 is 33.3 Å². The second kappa shape index (κ2) is 9.95. The monoisotopic (exact) mass is 442 g/mol. The predicted octanol–water partition coefficient (Wildman–Crippen LogP) is 3.05. The van der Waals surface area contributed by atoms with Crippen molar-refractivity contribution in [3.05, 3.63) is 53.1 Å². The van der Waals surface area contributed by atoms with E-state index in [-0.39, 0.29) is 12.2 Å². The summed E-state index contributed by atoms with van der Waals surface area (Å²) in [6, 6.07) is 8.94. The molecule has 0 spiro atoms. The number of carbonyl (C=O) groups is 2. The number of ether oxygens (including phenoxy) is 5. The van der Waals surface area contributed by atoms with Crippen LogP contribution in [0.5, 0.6) is 23.0 Å². The molecule has 9 heteroatoms. The van der Waals surface area contributed by atoms with Crippen LogP contribution in [0.4, 0.5) is 4.79 Å². The zero-order valence-electron chi connectivity index (χ0n) is 18.6. The van der Waals surface area contributed by atoms with Crippen molar-refractivity contribution in [3.8, 4) is 23.0 Å². The average molecular weight is 442 g/mol. The molecule has 1 aliphatic heterocycles. The predicted molar refractivity (Wildman–Crippen MR) is 117 cm³/mol. The van der Waals surface area contributed by atoms with Crippen LogP contribution in [0, 0.1) is 0 Å². The minimum atomic E-state index is -0.866. The molecular weight excluding hydrogens is 416 g/mol. The van der Waals surface area contributed by atoms with Gasteiger partial charge < -0.3 is 34.3 Å². The number of urea groups is 1. The molecule has 2 aromatic rings. The average Bonchev–Trinajstić information content (AvgIpc) is 2.82. The highest BCUT2D eigenvalue weighted by Gasteiger charge is 2.36. The van der Waals surface area contributed by atoms with Crippen LogP contribution in [0.1, 0.15) is 24.1 Å². The highest BCUT2D eigenvalue weighted by Crippen LogP contribution is 2.42. The SMILES string of the molecule is CCOC(=O)C1=C(c2ccc(OC)cc2)NC(=O)NC1c1cc(OC)c(OC)cc1OC. The van der Waals surface area contributed by atoms with Crippen molar-refractivity contribution >= 4 is 17.7 Å². The Bertz CT molecular complexity index is 1030. The molecule has 3 rings (SSSR count). The van der Waals surface area contributed by atoms with Gasteiger partial charge in [-0.15, -0.1) is 0 Å².